The molecule has 3 fully saturated rings. The molecule has 0 aromatic heterocycles. The summed E-state index contributed by atoms with van der Waals surface area (Å²) in [6.07, 6.45) is 4.09. The van der Waals surface area contributed by atoms with Gasteiger partial charge in [-0.05, 0) is 24.7 Å². The number of hydrogen-bond acceptors (Lipinski definition) is 4. The van der Waals surface area contributed by atoms with Gasteiger partial charge in [0.05, 0.1) is 19.0 Å². The van der Waals surface area contributed by atoms with E-state index in [2.05, 4.69) is 5.32 Å². The molecular formula is C13H22N2O4S. The number of rotatable bonds is 5. The summed E-state index contributed by atoms with van der Waals surface area (Å²) < 4.78 is 30.3. The normalized spacial score (nSPS) is 34.1. The molecule has 20 heavy (non-hydrogen) atoms. The maximum absolute atomic E-state index is 11.9. The van der Waals surface area contributed by atoms with Crippen LogP contribution in [0.3, 0.4) is 0 Å². The summed E-state index contributed by atoms with van der Waals surface area (Å²) in [7, 11) is -3.16. The van der Waals surface area contributed by atoms with Crippen molar-refractivity contribution in [3.63, 3.8) is 0 Å². The van der Waals surface area contributed by atoms with Crippen molar-refractivity contribution in [2.45, 2.75) is 25.4 Å². The number of sulfonamides is 1. The standard InChI is InChI=1S/C13H22N2O4S/c1-20(17,18)15-6-11-10(8-19-12(11)7-15)4-13(16)14-5-9-2-3-9/h9-12H,2-8H2,1H3,(H,14,16)/t10-,11-,12-/m1/s1. The maximum Gasteiger partial charge on any atom is 0.220 e. The second-order valence-corrected chi connectivity index (χ2v) is 8.31. The largest absolute Gasteiger partial charge is 0.376 e. The van der Waals surface area contributed by atoms with Gasteiger partial charge in [0.25, 0.3) is 0 Å². The molecule has 2 aliphatic heterocycles. The maximum atomic E-state index is 11.9. The third-order valence-electron chi connectivity index (χ3n) is 4.61. The monoisotopic (exact) mass is 302 g/mol. The average molecular weight is 302 g/mol. The van der Waals surface area contributed by atoms with Gasteiger partial charge in [-0.2, -0.15) is 4.31 Å². The van der Waals surface area contributed by atoms with Gasteiger partial charge in [0.1, 0.15) is 0 Å². The summed E-state index contributed by atoms with van der Waals surface area (Å²) in [6, 6.07) is 0. The Morgan fingerprint density at radius 2 is 2.10 bits per heavy atom. The third kappa shape index (κ3) is 3.15. The van der Waals surface area contributed by atoms with Gasteiger partial charge in [-0.25, -0.2) is 8.42 Å². The molecule has 0 spiro atoms. The molecule has 0 aromatic rings. The Balaban J connectivity index is 1.52. The second-order valence-electron chi connectivity index (χ2n) is 6.33. The van der Waals surface area contributed by atoms with Gasteiger partial charge < -0.3 is 10.1 Å². The smallest absolute Gasteiger partial charge is 0.220 e. The fraction of sp³-hybridized carbons (Fsp3) is 0.923. The van der Waals surface area contributed by atoms with Crippen molar-refractivity contribution in [3.8, 4) is 0 Å². The minimum absolute atomic E-state index is 0.0362. The van der Waals surface area contributed by atoms with Crippen LogP contribution in [0.1, 0.15) is 19.3 Å². The van der Waals surface area contributed by atoms with Crippen molar-refractivity contribution in [3.05, 3.63) is 0 Å². The summed E-state index contributed by atoms with van der Waals surface area (Å²) >= 11 is 0. The highest BCUT2D eigenvalue weighted by molar-refractivity contribution is 7.88. The van der Waals surface area contributed by atoms with E-state index >= 15 is 0 Å². The number of nitrogens with zero attached hydrogens (tertiary/aromatic N) is 1. The lowest BCUT2D eigenvalue weighted by Crippen LogP contribution is -2.32. The highest BCUT2D eigenvalue weighted by atomic mass is 32.2. The van der Waals surface area contributed by atoms with Crippen LogP contribution in [0, 0.1) is 17.8 Å². The van der Waals surface area contributed by atoms with Crippen LogP contribution in [0.2, 0.25) is 0 Å². The van der Waals surface area contributed by atoms with Gasteiger partial charge in [-0.15, -0.1) is 0 Å². The molecule has 0 radical (unpaired) electrons. The summed E-state index contributed by atoms with van der Waals surface area (Å²) in [6.45, 7) is 2.29. The average Bonchev–Trinajstić information content (AvgIpc) is 2.96. The van der Waals surface area contributed by atoms with Gasteiger partial charge in [0, 0.05) is 32.0 Å². The molecule has 3 atom stereocenters. The Hall–Kier alpha value is -0.660. The molecule has 0 unspecified atom stereocenters. The Morgan fingerprint density at radius 3 is 2.75 bits per heavy atom. The zero-order chi connectivity index (χ0) is 14.3. The van der Waals surface area contributed by atoms with E-state index in [-0.39, 0.29) is 23.8 Å². The lowest BCUT2D eigenvalue weighted by Gasteiger charge is -2.17. The molecule has 114 valence electrons. The van der Waals surface area contributed by atoms with Crippen LogP contribution in [0.25, 0.3) is 0 Å². The quantitative estimate of drug-likeness (QED) is 0.764. The van der Waals surface area contributed by atoms with Crippen LogP contribution >= 0.6 is 0 Å². The molecular weight excluding hydrogens is 280 g/mol. The van der Waals surface area contributed by atoms with Crippen LogP contribution in [0.4, 0.5) is 0 Å². The first-order valence-corrected chi connectivity index (χ1v) is 9.11. The molecule has 6 nitrogen and oxygen atoms in total. The first kappa shape index (κ1) is 14.3. The number of carbonyl (C=O) groups excluding carboxylic acids is 1. The van der Waals surface area contributed by atoms with Crippen LogP contribution in [-0.4, -0.2) is 57.2 Å². The van der Waals surface area contributed by atoms with Gasteiger partial charge in [0.2, 0.25) is 15.9 Å². The van der Waals surface area contributed by atoms with Gasteiger partial charge in [-0.1, -0.05) is 0 Å². The lowest BCUT2D eigenvalue weighted by molar-refractivity contribution is -0.122. The summed E-state index contributed by atoms with van der Waals surface area (Å²) in [5, 5.41) is 2.97. The zero-order valence-corrected chi connectivity index (χ0v) is 12.6. The van der Waals surface area contributed by atoms with Gasteiger partial charge in [0.15, 0.2) is 0 Å². The number of amides is 1. The Bertz CT molecular complexity index is 489. The van der Waals surface area contributed by atoms with E-state index in [1.165, 1.54) is 23.4 Å². The number of hydrogen-bond donors (Lipinski definition) is 1. The van der Waals surface area contributed by atoms with Crippen molar-refractivity contribution in [1.29, 1.82) is 0 Å². The Morgan fingerprint density at radius 1 is 1.35 bits per heavy atom. The fourth-order valence-electron chi connectivity index (χ4n) is 3.13. The van der Waals surface area contributed by atoms with Crippen LogP contribution in [-0.2, 0) is 19.6 Å². The SMILES string of the molecule is CS(=O)(=O)N1C[C@@H]2[C@H](CC(=O)NCC3CC3)CO[C@@H]2C1. The molecule has 3 aliphatic rings. The van der Waals surface area contributed by atoms with Crippen molar-refractivity contribution >= 4 is 15.9 Å². The molecule has 1 N–H and O–H groups in total. The van der Waals surface area contributed by atoms with E-state index < -0.39 is 10.0 Å². The molecule has 7 heteroatoms. The predicted octanol–water partition coefficient (Wildman–Crippen LogP) is -0.191. The topological polar surface area (TPSA) is 75.7 Å². The summed E-state index contributed by atoms with van der Waals surface area (Å²) in [5.41, 5.74) is 0. The van der Waals surface area contributed by atoms with E-state index in [4.69, 9.17) is 4.74 Å². The number of fused-ring (bicyclic) bond motifs is 1. The molecule has 0 bridgehead atoms. The van der Waals surface area contributed by atoms with Crippen molar-refractivity contribution in [2.75, 3.05) is 32.5 Å². The van der Waals surface area contributed by atoms with Gasteiger partial charge in [-0.3, -0.25) is 4.79 Å². The minimum Gasteiger partial charge on any atom is -0.376 e. The van der Waals surface area contributed by atoms with E-state index in [0.29, 0.717) is 32.0 Å². The molecule has 2 heterocycles. The number of carbonyl (C=O) groups is 1. The Labute approximate surface area is 119 Å². The summed E-state index contributed by atoms with van der Waals surface area (Å²) in [5.74, 6) is 1.06. The molecule has 3 rings (SSSR count). The van der Waals surface area contributed by atoms with E-state index in [0.717, 1.165) is 6.54 Å². The summed E-state index contributed by atoms with van der Waals surface area (Å²) in [4.78, 5) is 11.9. The van der Waals surface area contributed by atoms with E-state index in [1.807, 2.05) is 0 Å². The molecule has 2 saturated heterocycles. The number of ether oxygens (including phenoxy) is 1. The number of nitrogens with one attached hydrogen (secondary N) is 1. The fourth-order valence-corrected chi connectivity index (χ4v) is 4.00. The molecule has 1 aliphatic carbocycles. The van der Waals surface area contributed by atoms with Crippen molar-refractivity contribution in [1.82, 2.24) is 9.62 Å². The highest BCUT2D eigenvalue weighted by Gasteiger charge is 2.46. The van der Waals surface area contributed by atoms with E-state index in [9.17, 15) is 13.2 Å². The highest BCUT2D eigenvalue weighted by Crippen LogP contribution is 2.36. The first-order valence-electron chi connectivity index (χ1n) is 7.27. The van der Waals surface area contributed by atoms with E-state index in [1.54, 1.807) is 0 Å². The van der Waals surface area contributed by atoms with Crippen LogP contribution in [0.5, 0.6) is 0 Å². The molecule has 1 saturated carbocycles. The first-order chi connectivity index (χ1) is 9.43. The van der Waals surface area contributed by atoms with Crippen molar-refractivity contribution < 1.29 is 17.9 Å². The minimum atomic E-state index is -3.16. The van der Waals surface area contributed by atoms with Crippen LogP contribution in [0.15, 0.2) is 0 Å². The second kappa shape index (κ2) is 5.27. The zero-order valence-electron chi connectivity index (χ0n) is 11.7. The lowest BCUT2D eigenvalue weighted by atomic mass is 9.90. The van der Waals surface area contributed by atoms with Crippen LogP contribution < -0.4 is 5.32 Å². The van der Waals surface area contributed by atoms with Crippen molar-refractivity contribution in [2.24, 2.45) is 17.8 Å². The predicted molar refractivity (Wildman–Crippen MR) is 73.5 cm³/mol. The van der Waals surface area contributed by atoms with Gasteiger partial charge >= 0.3 is 0 Å². The molecule has 1 amide bonds. The Kier molecular flexibility index (Phi) is 3.77. The molecule has 0 aromatic carbocycles. The third-order valence-corrected chi connectivity index (χ3v) is 5.84.